The third kappa shape index (κ3) is 6.16. The van der Waals surface area contributed by atoms with Crippen LogP contribution in [0.4, 0.5) is 0 Å². The minimum atomic E-state index is -2.92. The van der Waals surface area contributed by atoms with E-state index in [2.05, 4.69) is 299 Å². The van der Waals surface area contributed by atoms with E-state index in [1.165, 1.54) is 125 Å². The summed E-state index contributed by atoms with van der Waals surface area (Å²) in [5.74, 6) is 0. The molecule has 4 heterocycles. The highest BCUT2D eigenvalue weighted by Crippen LogP contribution is 2.40. The van der Waals surface area contributed by atoms with Crippen molar-refractivity contribution in [2.45, 2.75) is 0 Å². The predicted octanol–water partition coefficient (Wildman–Crippen LogP) is 15.7. The summed E-state index contributed by atoms with van der Waals surface area (Å²) in [7, 11) is -2.92. The molecule has 1 atom stereocenters. The maximum atomic E-state index is 2.50. The first-order valence-electron chi connectivity index (χ1n) is 26.3. The number of aromatic nitrogens is 3. The van der Waals surface area contributed by atoms with Crippen molar-refractivity contribution < 1.29 is 0 Å². The molecule has 1 aliphatic rings. The van der Waals surface area contributed by atoms with Gasteiger partial charge in [0, 0.05) is 49.4 Å². The van der Waals surface area contributed by atoms with Crippen LogP contribution in [0, 0.1) is 0 Å². The van der Waals surface area contributed by atoms with Gasteiger partial charge in [-0.1, -0.05) is 212 Å². The first-order chi connectivity index (χ1) is 37.7. The molecule has 0 aliphatic carbocycles. The lowest BCUT2D eigenvalue weighted by Gasteiger charge is -2.31. The Morgan fingerprint density at radius 2 is 0.618 bits per heavy atom. The highest BCUT2D eigenvalue weighted by molar-refractivity contribution is 7.22. The van der Waals surface area contributed by atoms with Crippen molar-refractivity contribution in [1.29, 1.82) is 0 Å². The van der Waals surface area contributed by atoms with E-state index < -0.39 is 8.07 Å². The molecule has 4 heteroatoms. The van der Waals surface area contributed by atoms with E-state index in [1.54, 1.807) is 0 Å². The summed E-state index contributed by atoms with van der Waals surface area (Å²) in [4.78, 5) is 0. The maximum Gasteiger partial charge on any atom is 0.180 e. The summed E-state index contributed by atoms with van der Waals surface area (Å²) < 4.78 is 7.33. The number of benzene rings is 12. The Balaban J connectivity index is 0.884. The Morgan fingerprint density at radius 3 is 1.24 bits per heavy atom. The smallest absolute Gasteiger partial charge is 0.180 e. The number of fused-ring (bicyclic) bond motifs is 12. The second-order valence-corrected chi connectivity index (χ2v) is 24.1. The molecule has 3 nitrogen and oxygen atoms in total. The van der Waals surface area contributed by atoms with Crippen LogP contribution in [0.3, 0.4) is 0 Å². The first kappa shape index (κ1) is 42.7. The van der Waals surface area contributed by atoms with Crippen molar-refractivity contribution in [3.8, 4) is 50.4 Å². The molecule has 15 aromatic rings. The van der Waals surface area contributed by atoms with E-state index in [0.29, 0.717) is 0 Å². The Morgan fingerprint density at radius 1 is 0.211 bits per heavy atom. The van der Waals surface area contributed by atoms with Gasteiger partial charge in [0.1, 0.15) is 0 Å². The number of para-hydroxylation sites is 5. The van der Waals surface area contributed by atoms with Gasteiger partial charge in [-0.3, -0.25) is 0 Å². The van der Waals surface area contributed by atoms with Gasteiger partial charge in [-0.25, -0.2) is 0 Å². The van der Waals surface area contributed by atoms with Gasteiger partial charge in [-0.05, 0) is 127 Å². The lowest BCUT2D eigenvalue weighted by Crippen LogP contribution is -2.72. The van der Waals surface area contributed by atoms with E-state index in [4.69, 9.17) is 0 Å². The number of hydrogen-bond acceptors (Lipinski definition) is 0. The zero-order chi connectivity index (χ0) is 49.9. The number of nitrogens with zero attached hydrogens (tertiary/aromatic N) is 3. The third-order valence-electron chi connectivity index (χ3n) is 16.5. The van der Waals surface area contributed by atoms with E-state index in [9.17, 15) is 0 Å². The average Bonchev–Trinajstić information content (AvgIpc) is 4.38. The molecule has 0 spiro atoms. The molecule has 354 valence electrons. The van der Waals surface area contributed by atoms with Crippen molar-refractivity contribution in [1.82, 2.24) is 13.7 Å². The van der Waals surface area contributed by atoms with Gasteiger partial charge in [-0.15, -0.1) is 0 Å². The van der Waals surface area contributed by atoms with Crippen molar-refractivity contribution >= 4 is 94.2 Å². The molecule has 76 heavy (non-hydrogen) atoms. The lowest BCUT2D eigenvalue weighted by molar-refractivity contribution is 1.16. The van der Waals surface area contributed by atoms with E-state index >= 15 is 0 Å². The highest BCUT2D eigenvalue weighted by Gasteiger charge is 2.48. The summed E-state index contributed by atoms with van der Waals surface area (Å²) in [5.41, 5.74) is 18.2. The van der Waals surface area contributed by atoms with Crippen molar-refractivity contribution in [3.63, 3.8) is 0 Å². The minimum absolute atomic E-state index is 1.15. The van der Waals surface area contributed by atoms with Crippen LogP contribution in [0.15, 0.2) is 285 Å². The fraction of sp³-hybridized carbons (Fsp3) is 0. The van der Waals surface area contributed by atoms with Crippen LogP contribution in [0.5, 0.6) is 0 Å². The van der Waals surface area contributed by atoms with Crippen LogP contribution in [-0.4, -0.2) is 21.8 Å². The molecule has 0 bridgehead atoms. The summed E-state index contributed by atoms with van der Waals surface area (Å²) in [6.45, 7) is 0. The number of rotatable bonds is 7. The van der Waals surface area contributed by atoms with E-state index in [-0.39, 0.29) is 0 Å². The summed E-state index contributed by atoms with van der Waals surface area (Å²) >= 11 is 0. The fourth-order valence-electron chi connectivity index (χ4n) is 13.2. The fourth-order valence-corrected chi connectivity index (χ4v) is 18.4. The van der Waals surface area contributed by atoms with Crippen LogP contribution in [0.2, 0.25) is 0 Å². The SMILES string of the molecule is c1ccc(-c2ccc([Si]3(c4ccc(-c5ccc6c(c5)c5ccccc5n6-c5ccccc5)cc4)c4ccccc4-c4cc(-n5c6ccccc6c6ccc(-n7c8ccccc8c8ccccc87)cc65)ccc43)cc2)cc1. The standard InChI is InChI=1S/C72H47N3Si/c1-3-17-48(18-4-1)49-31-38-55(39-32-49)76(56-40-33-50(34-41-56)51-35-43-69-63(45-51)60-24-10-15-29-68(60)73(69)52-19-5-2-6-20-52)71-30-16-11-25-62(71)64-46-53(37-44-72(64)76)75-67-28-14-9-23-59(67)61-42-36-54(47-70(61)75)74-65-26-12-7-21-57(65)58-22-8-13-27-66(58)74/h1-47H. The van der Waals surface area contributed by atoms with Crippen LogP contribution in [-0.2, 0) is 0 Å². The normalized spacial score (nSPS) is 14.1. The molecular formula is C72H47N3Si. The Labute approximate surface area is 441 Å². The maximum absolute atomic E-state index is 2.92. The average molecular weight is 982 g/mol. The first-order valence-corrected chi connectivity index (χ1v) is 28.3. The summed E-state index contributed by atoms with van der Waals surface area (Å²) in [6.07, 6.45) is 0. The zero-order valence-electron chi connectivity index (χ0n) is 41.5. The molecule has 12 aromatic carbocycles. The second kappa shape index (κ2) is 16.6. The van der Waals surface area contributed by atoms with Crippen LogP contribution in [0.1, 0.15) is 0 Å². The minimum Gasteiger partial charge on any atom is -0.309 e. The van der Waals surface area contributed by atoms with Crippen molar-refractivity contribution in [2.75, 3.05) is 0 Å². The molecule has 0 fully saturated rings. The molecular weight excluding hydrogens is 935 g/mol. The van der Waals surface area contributed by atoms with E-state index in [0.717, 1.165) is 11.4 Å². The largest absolute Gasteiger partial charge is 0.309 e. The molecule has 1 aliphatic heterocycles. The number of hydrogen-bond donors (Lipinski definition) is 0. The Bertz CT molecular complexity index is 4740. The van der Waals surface area contributed by atoms with Gasteiger partial charge in [0.05, 0.1) is 33.1 Å². The van der Waals surface area contributed by atoms with Crippen molar-refractivity contribution in [2.24, 2.45) is 0 Å². The molecule has 0 amide bonds. The van der Waals surface area contributed by atoms with Gasteiger partial charge >= 0.3 is 0 Å². The van der Waals surface area contributed by atoms with Crippen molar-refractivity contribution in [3.05, 3.63) is 285 Å². The molecule has 0 saturated heterocycles. The van der Waals surface area contributed by atoms with Gasteiger partial charge < -0.3 is 13.7 Å². The summed E-state index contributed by atoms with van der Waals surface area (Å²) in [6, 6.07) is 107. The van der Waals surface area contributed by atoms with Gasteiger partial charge in [-0.2, -0.15) is 0 Å². The van der Waals surface area contributed by atoms with Crippen LogP contribution >= 0.6 is 0 Å². The molecule has 0 saturated carbocycles. The Kier molecular flexibility index (Phi) is 9.36. The second-order valence-electron chi connectivity index (χ2n) is 20.4. The van der Waals surface area contributed by atoms with Crippen LogP contribution < -0.4 is 20.7 Å². The van der Waals surface area contributed by atoms with Crippen LogP contribution in [0.25, 0.3) is 116 Å². The molecule has 16 rings (SSSR count). The molecule has 3 aromatic heterocycles. The summed E-state index contributed by atoms with van der Waals surface area (Å²) in [5, 5.41) is 13.1. The molecule has 1 unspecified atom stereocenters. The molecule has 0 N–H and O–H groups in total. The van der Waals surface area contributed by atoms with Gasteiger partial charge in [0.2, 0.25) is 0 Å². The predicted molar refractivity (Wildman–Crippen MR) is 323 cm³/mol. The third-order valence-corrected chi connectivity index (χ3v) is 21.4. The van der Waals surface area contributed by atoms with Gasteiger partial charge in [0.15, 0.2) is 8.07 Å². The van der Waals surface area contributed by atoms with Gasteiger partial charge in [0.25, 0.3) is 0 Å². The van der Waals surface area contributed by atoms with E-state index in [1.807, 2.05) is 0 Å². The Hall–Kier alpha value is -9.74. The lowest BCUT2D eigenvalue weighted by atomic mass is 10.0. The highest BCUT2D eigenvalue weighted by atomic mass is 28.3. The topological polar surface area (TPSA) is 14.8 Å². The monoisotopic (exact) mass is 981 g/mol. The quantitative estimate of drug-likeness (QED) is 0.141. The molecule has 0 radical (unpaired) electrons. The zero-order valence-corrected chi connectivity index (χ0v) is 42.5.